The van der Waals surface area contributed by atoms with Gasteiger partial charge in [-0.3, -0.25) is 0 Å². The summed E-state index contributed by atoms with van der Waals surface area (Å²) in [5, 5.41) is 3.90. The van der Waals surface area contributed by atoms with Gasteiger partial charge in [0.25, 0.3) is 0 Å². The van der Waals surface area contributed by atoms with Gasteiger partial charge in [0.15, 0.2) is 0 Å². The number of hydrogen-bond acceptors (Lipinski definition) is 5. The number of nitrogens with one attached hydrogen (secondary N) is 1. The number of benzene rings is 1. The Morgan fingerprint density at radius 2 is 2.00 bits per heavy atom. The fourth-order valence-corrected chi connectivity index (χ4v) is 3.68. The predicted molar refractivity (Wildman–Crippen MR) is 101 cm³/mol. The van der Waals surface area contributed by atoms with Crippen LogP contribution in [-0.2, 0) is 6.42 Å². The van der Waals surface area contributed by atoms with Gasteiger partial charge in [-0.2, -0.15) is 4.37 Å². The van der Waals surface area contributed by atoms with Crippen molar-refractivity contribution < 1.29 is 9.18 Å². The maximum Gasteiger partial charge on any atom is 0.316 e. The van der Waals surface area contributed by atoms with Crippen molar-refractivity contribution in [2.75, 3.05) is 38.6 Å². The van der Waals surface area contributed by atoms with Crippen molar-refractivity contribution in [2.24, 2.45) is 5.92 Å². The van der Waals surface area contributed by atoms with E-state index in [9.17, 15) is 9.18 Å². The Morgan fingerprint density at radius 1 is 1.31 bits per heavy atom. The third kappa shape index (κ3) is 4.91. The minimum atomic E-state index is -0.231. The predicted octanol–water partition coefficient (Wildman–Crippen LogP) is 2.76. The van der Waals surface area contributed by atoms with Crippen molar-refractivity contribution in [3.63, 3.8) is 0 Å². The summed E-state index contributed by atoms with van der Waals surface area (Å²) in [6, 6.07) is 6.42. The van der Waals surface area contributed by atoms with Gasteiger partial charge in [-0.05, 0) is 36.5 Å². The smallest absolute Gasteiger partial charge is 0.316 e. The first-order chi connectivity index (χ1) is 12.5. The number of halogens is 1. The molecule has 3 rings (SSSR count). The Kier molecular flexibility index (Phi) is 6.03. The number of nitrogens with zero attached hydrogens (tertiary/aromatic N) is 4. The van der Waals surface area contributed by atoms with Gasteiger partial charge in [0.1, 0.15) is 11.6 Å². The van der Waals surface area contributed by atoms with E-state index in [1.165, 1.54) is 23.7 Å². The summed E-state index contributed by atoms with van der Waals surface area (Å²) in [5.74, 6) is 1.05. The van der Waals surface area contributed by atoms with Crippen LogP contribution in [0.25, 0.3) is 0 Å². The lowest BCUT2D eigenvalue weighted by molar-refractivity contribution is 0.214. The van der Waals surface area contributed by atoms with Crippen molar-refractivity contribution in [1.82, 2.24) is 19.6 Å². The molecule has 1 aromatic carbocycles. The molecule has 8 heteroatoms. The van der Waals surface area contributed by atoms with Crippen molar-refractivity contribution in [1.29, 1.82) is 0 Å². The third-order valence-electron chi connectivity index (χ3n) is 4.57. The van der Waals surface area contributed by atoms with Crippen LogP contribution in [0.1, 0.15) is 24.2 Å². The number of carbonyl (C=O) groups excluding carboxylic acids is 1. The summed E-state index contributed by atoms with van der Waals surface area (Å²) >= 11 is 1.42. The summed E-state index contributed by atoms with van der Waals surface area (Å²) in [7, 11) is 3.49. The van der Waals surface area contributed by atoms with Crippen LogP contribution in [0, 0.1) is 11.7 Å². The van der Waals surface area contributed by atoms with Gasteiger partial charge in [-0.25, -0.2) is 14.2 Å². The molecule has 0 bridgehead atoms. The Hall–Kier alpha value is -2.22. The maximum atomic E-state index is 13.0. The Morgan fingerprint density at radius 3 is 2.65 bits per heavy atom. The molecular weight excluding hydrogens is 353 g/mol. The van der Waals surface area contributed by atoms with Gasteiger partial charge in [0, 0.05) is 51.7 Å². The molecule has 2 heterocycles. The van der Waals surface area contributed by atoms with Crippen LogP contribution in [0.4, 0.5) is 14.3 Å². The van der Waals surface area contributed by atoms with Crippen LogP contribution in [0.15, 0.2) is 24.3 Å². The first-order valence-electron chi connectivity index (χ1n) is 8.78. The van der Waals surface area contributed by atoms with Gasteiger partial charge in [0.05, 0.1) is 0 Å². The first kappa shape index (κ1) is 18.6. The number of aromatic nitrogens is 2. The molecule has 2 aromatic rings. The average Bonchev–Trinajstić information content (AvgIpc) is 3.10. The van der Waals surface area contributed by atoms with Gasteiger partial charge in [-0.15, -0.1) is 0 Å². The lowest BCUT2D eigenvalue weighted by atomic mass is 9.97. The minimum absolute atomic E-state index is 0.0398. The van der Waals surface area contributed by atoms with Crippen molar-refractivity contribution >= 4 is 22.7 Å². The summed E-state index contributed by atoms with van der Waals surface area (Å²) in [6.45, 7) is 2.57. The Balaban J connectivity index is 1.48. The van der Waals surface area contributed by atoms with E-state index >= 15 is 0 Å². The van der Waals surface area contributed by atoms with Crippen LogP contribution in [0.5, 0.6) is 0 Å². The number of hydrogen-bond donors (Lipinski definition) is 1. The van der Waals surface area contributed by atoms with E-state index < -0.39 is 0 Å². The van der Waals surface area contributed by atoms with E-state index in [1.807, 2.05) is 0 Å². The zero-order valence-corrected chi connectivity index (χ0v) is 15.9. The highest BCUT2D eigenvalue weighted by Gasteiger charge is 2.22. The van der Waals surface area contributed by atoms with E-state index in [1.54, 1.807) is 31.1 Å². The standard InChI is InChI=1S/C18H24FN5OS/c1-23(2)17(25)20-12-14-7-9-24(10-8-14)18-21-16(22-26-18)11-13-3-5-15(19)6-4-13/h3-6,14H,7-12H2,1-2H3,(H,20,25). The summed E-state index contributed by atoms with van der Waals surface area (Å²) in [6.07, 6.45) is 2.67. The largest absolute Gasteiger partial charge is 0.347 e. The number of rotatable bonds is 5. The number of carbonyl (C=O) groups is 1. The van der Waals surface area contributed by atoms with Gasteiger partial charge < -0.3 is 15.1 Å². The molecule has 1 fully saturated rings. The second kappa shape index (κ2) is 8.44. The molecule has 0 atom stereocenters. The van der Waals surface area contributed by atoms with Crippen LogP contribution in [-0.4, -0.2) is 54.0 Å². The molecule has 1 aliphatic heterocycles. The zero-order valence-electron chi connectivity index (χ0n) is 15.1. The molecule has 140 valence electrons. The first-order valence-corrected chi connectivity index (χ1v) is 9.55. The highest BCUT2D eigenvalue weighted by molar-refractivity contribution is 7.09. The molecule has 26 heavy (non-hydrogen) atoms. The maximum absolute atomic E-state index is 13.0. The molecule has 2 amide bonds. The molecular formula is C18H24FN5OS. The lowest BCUT2D eigenvalue weighted by Gasteiger charge is -2.31. The third-order valence-corrected chi connectivity index (χ3v) is 5.38. The van der Waals surface area contributed by atoms with Gasteiger partial charge in [-0.1, -0.05) is 12.1 Å². The summed E-state index contributed by atoms with van der Waals surface area (Å²) in [5.41, 5.74) is 1.01. The van der Waals surface area contributed by atoms with E-state index in [4.69, 9.17) is 0 Å². The molecule has 1 aromatic heterocycles. The molecule has 1 N–H and O–H groups in total. The van der Waals surface area contributed by atoms with Crippen molar-refractivity contribution in [3.05, 3.63) is 41.5 Å². The number of piperidine rings is 1. The van der Waals surface area contributed by atoms with Crippen LogP contribution in [0.3, 0.4) is 0 Å². The molecule has 0 aliphatic carbocycles. The Bertz CT molecular complexity index is 725. The van der Waals surface area contributed by atoms with Crippen LogP contribution in [0.2, 0.25) is 0 Å². The quantitative estimate of drug-likeness (QED) is 0.870. The minimum Gasteiger partial charge on any atom is -0.347 e. The SMILES string of the molecule is CN(C)C(=O)NCC1CCN(c2nc(Cc3ccc(F)cc3)ns2)CC1. The number of urea groups is 1. The van der Waals surface area contributed by atoms with Gasteiger partial charge >= 0.3 is 6.03 Å². The summed E-state index contributed by atoms with van der Waals surface area (Å²) in [4.78, 5) is 20.1. The highest BCUT2D eigenvalue weighted by Crippen LogP contribution is 2.25. The number of amides is 2. The van der Waals surface area contributed by atoms with Crippen molar-refractivity contribution in [3.8, 4) is 0 Å². The lowest BCUT2D eigenvalue weighted by Crippen LogP contribution is -2.41. The second-order valence-electron chi connectivity index (χ2n) is 6.81. The monoisotopic (exact) mass is 377 g/mol. The van der Waals surface area contributed by atoms with E-state index in [0.29, 0.717) is 12.3 Å². The fraction of sp³-hybridized carbons (Fsp3) is 0.500. The summed E-state index contributed by atoms with van der Waals surface area (Å²) < 4.78 is 17.4. The average molecular weight is 377 g/mol. The van der Waals surface area contributed by atoms with Crippen LogP contribution < -0.4 is 10.2 Å². The highest BCUT2D eigenvalue weighted by atomic mass is 32.1. The zero-order chi connectivity index (χ0) is 18.5. The molecule has 0 unspecified atom stereocenters. The Labute approximate surface area is 157 Å². The number of anilines is 1. The topological polar surface area (TPSA) is 61.4 Å². The van der Waals surface area contributed by atoms with Gasteiger partial charge in [0.2, 0.25) is 5.13 Å². The fourth-order valence-electron chi connectivity index (χ4n) is 2.95. The molecule has 6 nitrogen and oxygen atoms in total. The molecule has 1 aliphatic rings. The molecule has 0 saturated carbocycles. The normalized spacial score (nSPS) is 15.1. The van der Waals surface area contributed by atoms with Crippen molar-refractivity contribution in [2.45, 2.75) is 19.3 Å². The van der Waals surface area contributed by atoms with E-state index in [-0.39, 0.29) is 11.8 Å². The molecule has 0 spiro atoms. The van der Waals surface area contributed by atoms with Crippen LogP contribution >= 0.6 is 11.5 Å². The molecule has 0 radical (unpaired) electrons. The van der Waals surface area contributed by atoms with E-state index in [0.717, 1.165) is 49.0 Å². The second-order valence-corrected chi connectivity index (χ2v) is 7.54. The molecule has 1 saturated heterocycles. The van der Waals surface area contributed by atoms with E-state index in [2.05, 4.69) is 19.6 Å².